The van der Waals surface area contributed by atoms with E-state index < -0.39 is 0 Å². The third kappa shape index (κ3) is 3.00. The topological polar surface area (TPSA) is 20.2 Å². The molecular weight excluding hydrogens is 268 g/mol. The Balaban J connectivity index is 1.99. The van der Waals surface area contributed by atoms with Crippen LogP contribution in [0.15, 0.2) is 54.6 Å². The Labute approximate surface area is 132 Å². The monoisotopic (exact) mass is 292 g/mol. The fourth-order valence-electron chi connectivity index (χ4n) is 3.18. The lowest BCUT2D eigenvalue weighted by molar-refractivity contribution is 0.276. The molecule has 0 saturated heterocycles. The molecule has 114 valence electrons. The summed E-state index contributed by atoms with van der Waals surface area (Å²) in [6, 6.07) is 19.9. The third-order valence-corrected chi connectivity index (χ3v) is 4.70. The van der Waals surface area contributed by atoms with Crippen LogP contribution in [-0.4, -0.2) is 11.7 Å². The molecule has 0 unspecified atom stereocenters. The highest BCUT2D eigenvalue weighted by molar-refractivity contribution is 5.98. The predicted octanol–water partition coefficient (Wildman–Crippen LogP) is 5.43. The maximum atomic E-state index is 8.98. The number of fused-ring (bicyclic) bond motifs is 2. The van der Waals surface area contributed by atoms with E-state index in [1.807, 2.05) is 0 Å². The molecule has 0 spiro atoms. The molecule has 0 atom stereocenters. The van der Waals surface area contributed by atoms with Gasteiger partial charge in [-0.2, -0.15) is 0 Å². The maximum Gasteiger partial charge on any atom is 0.0431 e. The zero-order chi connectivity index (χ0) is 15.6. The Morgan fingerprint density at radius 1 is 0.773 bits per heavy atom. The standard InChI is InChI=1S/C21H24O/c1-21(2,11-5-6-12-22)20-10-9-18-13-16-7-3-4-8-17(16)14-19(18)15-20/h3-4,7-10,13-15,22H,5-6,11-12H2,1-2H3. The quantitative estimate of drug-likeness (QED) is 0.491. The third-order valence-electron chi connectivity index (χ3n) is 4.70. The molecule has 0 fully saturated rings. The van der Waals surface area contributed by atoms with E-state index in [1.54, 1.807) is 0 Å². The predicted molar refractivity (Wildman–Crippen MR) is 95.4 cm³/mol. The minimum atomic E-state index is 0.148. The van der Waals surface area contributed by atoms with Crippen molar-refractivity contribution >= 4 is 21.5 Å². The first-order valence-electron chi connectivity index (χ1n) is 8.14. The first-order chi connectivity index (χ1) is 10.6. The molecule has 0 saturated carbocycles. The fraction of sp³-hybridized carbons (Fsp3) is 0.333. The summed E-state index contributed by atoms with van der Waals surface area (Å²) < 4.78 is 0. The Bertz CT molecular complexity index is 786. The van der Waals surface area contributed by atoms with Crippen molar-refractivity contribution in [1.29, 1.82) is 0 Å². The van der Waals surface area contributed by atoms with Gasteiger partial charge in [0.25, 0.3) is 0 Å². The highest BCUT2D eigenvalue weighted by Gasteiger charge is 2.20. The van der Waals surface area contributed by atoms with Crippen molar-refractivity contribution in [3.05, 3.63) is 60.2 Å². The number of aliphatic hydroxyl groups excluding tert-OH is 1. The van der Waals surface area contributed by atoms with Crippen molar-refractivity contribution < 1.29 is 5.11 Å². The number of hydrogen-bond acceptors (Lipinski definition) is 1. The van der Waals surface area contributed by atoms with E-state index in [2.05, 4.69) is 68.4 Å². The molecule has 0 radical (unpaired) electrons. The van der Waals surface area contributed by atoms with Gasteiger partial charge < -0.3 is 5.11 Å². The zero-order valence-electron chi connectivity index (χ0n) is 13.5. The van der Waals surface area contributed by atoms with Gasteiger partial charge in [0.15, 0.2) is 0 Å². The number of hydrogen-bond donors (Lipinski definition) is 1. The summed E-state index contributed by atoms with van der Waals surface area (Å²) in [5, 5.41) is 14.2. The average Bonchev–Trinajstić information content (AvgIpc) is 2.52. The van der Waals surface area contributed by atoms with E-state index in [-0.39, 0.29) is 5.41 Å². The molecule has 1 N–H and O–H groups in total. The zero-order valence-corrected chi connectivity index (χ0v) is 13.5. The summed E-state index contributed by atoms with van der Waals surface area (Å²) in [5.41, 5.74) is 1.53. The smallest absolute Gasteiger partial charge is 0.0431 e. The largest absolute Gasteiger partial charge is 0.396 e. The molecule has 0 aliphatic carbocycles. The van der Waals surface area contributed by atoms with Crippen LogP contribution in [0.5, 0.6) is 0 Å². The summed E-state index contributed by atoms with van der Waals surface area (Å²) in [7, 11) is 0. The summed E-state index contributed by atoms with van der Waals surface area (Å²) in [5.74, 6) is 0. The molecule has 3 aromatic carbocycles. The van der Waals surface area contributed by atoms with Crippen molar-refractivity contribution in [2.75, 3.05) is 6.61 Å². The second-order valence-electron chi connectivity index (χ2n) is 6.83. The Kier molecular flexibility index (Phi) is 4.17. The molecule has 3 aromatic rings. The molecule has 0 bridgehead atoms. The first-order valence-corrected chi connectivity index (χ1v) is 8.14. The van der Waals surface area contributed by atoms with E-state index >= 15 is 0 Å². The molecule has 22 heavy (non-hydrogen) atoms. The van der Waals surface area contributed by atoms with Crippen LogP contribution in [0.3, 0.4) is 0 Å². The molecule has 3 rings (SSSR count). The van der Waals surface area contributed by atoms with Crippen molar-refractivity contribution in [2.24, 2.45) is 0 Å². The van der Waals surface area contributed by atoms with Crippen molar-refractivity contribution in [3.63, 3.8) is 0 Å². The van der Waals surface area contributed by atoms with Gasteiger partial charge in [0.2, 0.25) is 0 Å². The van der Waals surface area contributed by atoms with Crippen LogP contribution in [0, 0.1) is 0 Å². The van der Waals surface area contributed by atoms with Crippen molar-refractivity contribution in [3.8, 4) is 0 Å². The summed E-state index contributed by atoms with van der Waals surface area (Å²) >= 11 is 0. The van der Waals surface area contributed by atoms with E-state index in [0.717, 1.165) is 19.3 Å². The molecule has 0 aliphatic rings. The molecule has 1 heteroatoms. The second-order valence-corrected chi connectivity index (χ2v) is 6.83. The molecule has 0 aliphatic heterocycles. The maximum absolute atomic E-state index is 8.98. The number of unbranched alkanes of at least 4 members (excludes halogenated alkanes) is 1. The number of benzene rings is 3. The fourth-order valence-corrected chi connectivity index (χ4v) is 3.18. The van der Waals surface area contributed by atoms with Crippen LogP contribution in [-0.2, 0) is 5.41 Å². The van der Waals surface area contributed by atoms with Gasteiger partial charge in [-0.25, -0.2) is 0 Å². The van der Waals surface area contributed by atoms with Gasteiger partial charge in [-0.05, 0) is 57.5 Å². The van der Waals surface area contributed by atoms with Gasteiger partial charge in [0.05, 0.1) is 0 Å². The average molecular weight is 292 g/mol. The van der Waals surface area contributed by atoms with Crippen LogP contribution >= 0.6 is 0 Å². The van der Waals surface area contributed by atoms with Crippen LogP contribution < -0.4 is 0 Å². The van der Waals surface area contributed by atoms with Gasteiger partial charge in [-0.1, -0.05) is 62.7 Å². The summed E-state index contributed by atoms with van der Waals surface area (Å²) in [6.07, 6.45) is 3.06. The normalized spacial score (nSPS) is 12.1. The summed E-state index contributed by atoms with van der Waals surface area (Å²) in [6.45, 7) is 4.89. The lowest BCUT2D eigenvalue weighted by atomic mass is 9.79. The van der Waals surface area contributed by atoms with Gasteiger partial charge in [0, 0.05) is 6.61 Å². The van der Waals surface area contributed by atoms with E-state index in [0.29, 0.717) is 6.61 Å². The Morgan fingerprint density at radius 3 is 2.09 bits per heavy atom. The highest BCUT2D eigenvalue weighted by Crippen LogP contribution is 2.32. The minimum absolute atomic E-state index is 0.148. The van der Waals surface area contributed by atoms with Crippen molar-refractivity contribution in [2.45, 2.75) is 38.5 Å². The van der Waals surface area contributed by atoms with E-state index in [4.69, 9.17) is 5.11 Å². The molecule has 0 aromatic heterocycles. The van der Waals surface area contributed by atoms with Gasteiger partial charge >= 0.3 is 0 Å². The lowest BCUT2D eigenvalue weighted by Gasteiger charge is -2.25. The van der Waals surface area contributed by atoms with Crippen molar-refractivity contribution in [1.82, 2.24) is 0 Å². The van der Waals surface area contributed by atoms with Crippen LogP contribution in [0.1, 0.15) is 38.7 Å². The van der Waals surface area contributed by atoms with Crippen LogP contribution in [0.4, 0.5) is 0 Å². The van der Waals surface area contributed by atoms with Gasteiger partial charge in [-0.3, -0.25) is 0 Å². The van der Waals surface area contributed by atoms with E-state index in [9.17, 15) is 0 Å². The second kappa shape index (κ2) is 6.10. The summed E-state index contributed by atoms with van der Waals surface area (Å²) in [4.78, 5) is 0. The Hall–Kier alpha value is -1.86. The SMILES string of the molecule is CC(C)(CCCCO)c1ccc2cc3ccccc3cc2c1. The van der Waals surface area contributed by atoms with Gasteiger partial charge in [-0.15, -0.1) is 0 Å². The molecule has 1 nitrogen and oxygen atoms in total. The Morgan fingerprint density at radius 2 is 1.41 bits per heavy atom. The highest BCUT2D eigenvalue weighted by atomic mass is 16.2. The van der Waals surface area contributed by atoms with Crippen LogP contribution in [0.2, 0.25) is 0 Å². The number of aliphatic hydroxyl groups is 1. The molecular formula is C21H24O. The molecule has 0 amide bonds. The van der Waals surface area contributed by atoms with E-state index in [1.165, 1.54) is 27.1 Å². The number of rotatable bonds is 5. The molecule has 0 heterocycles. The minimum Gasteiger partial charge on any atom is -0.396 e. The van der Waals surface area contributed by atoms with Crippen LogP contribution in [0.25, 0.3) is 21.5 Å². The first kappa shape index (κ1) is 15.1. The van der Waals surface area contributed by atoms with Gasteiger partial charge in [0.1, 0.15) is 0 Å². The lowest BCUT2D eigenvalue weighted by Crippen LogP contribution is -2.17.